The molecular formula is C8H22N4O8P2. The van der Waals surface area contributed by atoms with Crippen molar-refractivity contribution < 1.29 is 38.3 Å². The number of carbonyl (C=O) groups is 2. The smallest absolute Gasteiger partial charge is 0.343 e. The molecule has 0 saturated heterocycles. The van der Waals surface area contributed by atoms with Gasteiger partial charge in [-0.05, 0) is 7.05 Å². The van der Waals surface area contributed by atoms with E-state index in [4.69, 9.17) is 25.3 Å². The van der Waals surface area contributed by atoms with Crippen molar-refractivity contribution >= 4 is 27.0 Å². The van der Waals surface area contributed by atoms with Crippen LogP contribution in [-0.4, -0.2) is 76.0 Å². The zero-order valence-corrected chi connectivity index (χ0v) is 14.0. The Bertz CT molecular complexity index is 447. The molecule has 0 saturated carbocycles. The molecule has 0 heterocycles. The van der Waals surface area contributed by atoms with E-state index >= 15 is 0 Å². The van der Waals surface area contributed by atoms with E-state index < -0.39 is 39.6 Å². The van der Waals surface area contributed by atoms with Crippen LogP contribution in [0.1, 0.15) is 0 Å². The standard InChI is InChI=1S/2C4H11N2O4P/c1-6(4(7)2-5)3-11(8,9)10;1-5-2-4(7)6-3-11(8,9)10/h2-3,5H2,1H3,(H2,8,9,10);5H,2-3H2,1H3,(H,6,7)(H2,8,9,10). The fourth-order valence-electron chi connectivity index (χ4n) is 0.925. The lowest BCUT2D eigenvalue weighted by Crippen LogP contribution is -2.33. The summed E-state index contributed by atoms with van der Waals surface area (Å²) >= 11 is 0. The summed E-state index contributed by atoms with van der Waals surface area (Å²) in [5, 5.41) is 4.60. The Balaban J connectivity index is 0. The van der Waals surface area contributed by atoms with Crippen LogP contribution in [0, 0.1) is 0 Å². The Morgan fingerprint density at radius 2 is 1.64 bits per heavy atom. The van der Waals surface area contributed by atoms with Crippen molar-refractivity contribution in [2.45, 2.75) is 0 Å². The van der Waals surface area contributed by atoms with Crippen molar-refractivity contribution in [3.05, 3.63) is 0 Å². The summed E-state index contributed by atoms with van der Waals surface area (Å²) in [4.78, 5) is 55.6. The molecule has 0 aliphatic heterocycles. The molecule has 0 aliphatic carbocycles. The van der Waals surface area contributed by atoms with Crippen LogP contribution in [0.4, 0.5) is 0 Å². The Labute approximate surface area is 127 Å². The first-order chi connectivity index (χ1) is 9.82. The first kappa shape index (κ1) is 23.4. The molecule has 132 valence electrons. The molecule has 0 unspecified atom stereocenters. The molecule has 22 heavy (non-hydrogen) atoms. The summed E-state index contributed by atoms with van der Waals surface area (Å²) in [6, 6.07) is 0. The van der Waals surface area contributed by atoms with E-state index in [-0.39, 0.29) is 13.1 Å². The number of rotatable bonds is 7. The molecule has 0 atom stereocenters. The third-order valence-electron chi connectivity index (χ3n) is 1.82. The van der Waals surface area contributed by atoms with Crippen LogP contribution < -0.4 is 16.4 Å². The molecule has 0 rings (SSSR count). The fraction of sp³-hybridized carbons (Fsp3) is 0.750. The number of hydrogen-bond acceptors (Lipinski definition) is 6. The topological polar surface area (TPSA) is 203 Å². The predicted molar refractivity (Wildman–Crippen MR) is 77.7 cm³/mol. The third kappa shape index (κ3) is 17.2. The van der Waals surface area contributed by atoms with Gasteiger partial charge >= 0.3 is 15.2 Å². The SMILES string of the molecule is CN(CP(=O)(O)O)C(=O)CN.CNCC(=O)NCP(=O)(O)O. The zero-order chi connectivity index (χ0) is 18.0. The van der Waals surface area contributed by atoms with Crippen LogP contribution in [0.15, 0.2) is 0 Å². The molecule has 0 aromatic carbocycles. The number of nitrogens with two attached hydrogens (primary N) is 1. The monoisotopic (exact) mass is 364 g/mol. The molecule has 0 spiro atoms. The molecule has 8 N–H and O–H groups in total. The highest BCUT2D eigenvalue weighted by Crippen LogP contribution is 2.34. The molecule has 2 amide bonds. The summed E-state index contributed by atoms with van der Waals surface area (Å²) in [6.45, 7) is -0.184. The van der Waals surface area contributed by atoms with Crippen LogP contribution in [0.5, 0.6) is 0 Å². The minimum Gasteiger partial charge on any atom is -0.343 e. The lowest BCUT2D eigenvalue weighted by atomic mass is 10.6. The maximum Gasteiger partial charge on any atom is 0.344 e. The number of hydrogen-bond donors (Lipinski definition) is 7. The highest BCUT2D eigenvalue weighted by Gasteiger charge is 2.18. The number of likely N-dealkylation sites (N-methyl/N-ethyl adjacent to an activating group) is 2. The van der Waals surface area contributed by atoms with Crippen LogP contribution in [0.3, 0.4) is 0 Å². The largest absolute Gasteiger partial charge is 0.344 e. The molecule has 0 aromatic rings. The quantitative estimate of drug-likeness (QED) is 0.228. The summed E-state index contributed by atoms with van der Waals surface area (Å²) in [6.07, 6.45) is -1.18. The number of nitrogens with one attached hydrogen (secondary N) is 2. The maximum absolute atomic E-state index is 10.6. The van der Waals surface area contributed by atoms with E-state index in [1.807, 2.05) is 0 Å². The van der Waals surface area contributed by atoms with Gasteiger partial charge in [0.1, 0.15) is 12.6 Å². The summed E-state index contributed by atoms with van der Waals surface area (Å²) < 4.78 is 20.5. The second-order valence-corrected chi connectivity index (χ2v) is 7.31. The third-order valence-corrected chi connectivity index (χ3v) is 3.18. The Morgan fingerprint density at radius 3 is 1.95 bits per heavy atom. The van der Waals surface area contributed by atoms with Gasteiger partial charge in [-0.1, -0.05) is 0 Å². The van der Waals surface area contributed by atoms with Gasteiger partial charge in [0.25, 0.3) is 0 Å². The van der Waals surface area contributed by atoms with Crippen molar-refractivity contribution in [3.8, 4) is 0 Å². The van der Waals surface area contributed by atoms with E-state index in [9.17, 15) is 18.7 Å². The minimum atomic E-state index is -4.14. The van der Waals surface area contributed by atoms with Gasteiger partial charge in [-0.2, -0.15) is 0 Å². The molecular weight excluding hydrogens is 342 g/mol. The van der Waals surface area contributed by atoms with E-state index in [0.717, 1.165) is 4.90 Å². The molecule has 0 aliphatic rings. The van der Waals surface area contributed by atoms with E-state index in [2.05, 4.69) is 10.6 Å². The van der Waals surface area contributed by atoms with Gasteiger partial charge < -0.3 is 40.8 Å². The molecule has 0 fully saturated rings. The Morgan fingerprint density at radius 1 is 1.14 bits per heavy atom. The highest BCUT2D eigenvalue weighted by atomic mass is 31.2. The second-order valence-electron chi connectivity index (χ2n) is 4.05. The van der Waals surface area contributed by atoms with Crippen LogP contribution in [0.2, 0.25) is 0 Å². The van der Waals surface area contributed by atoms with Crippen LogP contribution in [0.25, 0.3) is 0 Å². The summed E-state index contributed by atoms with van der Waals surface area (Å²) in [5.74, 6) is -0.927. The molecule has 12 nitrogen and oxygen atoms in total. The van der Waals surface area contributed by atoms with E-state index in [1.54, 1.807) is 7.05 Å². The molecule has 14 heteroatoms. The maximum atomic E-state index is 10.6. The fourth-order valence-corrected chi connectivity index (χ4v) is 2.02. The van der Waals surface area contributed by atoms with Crippen molar-refractivity contribution in [2.75, 3.05) is 39.8 Å². The number of carbonyl (C=O) groups excluding carboxylic acids is 2. The average Bonchev–Trinajstić information content (AvgIpc) is 2.33. The van der Waals surface area contributed by atoms with Crippen LogP contribution >= 0.6 is 15.2 Å². The van der Waals surface area contributed by atoms with Gasteiger partial charge in [0.2, 0.25) is 11.8 Å². The summed E-state index contributed by atoms with van der Waals surface area (Å²) in [7, 11) is -5.39. The minimum absolute atomic E-state index is 0.0556. The van der Waals surface area contributed by atoms with Crippen molar-refractivity contribution in [1.29, 1.82) is 0 Å². The zero-order valence-electron chi connectivity index (χ0n) is 12.2. The van der Waals surface area contributed by atoms with Crippen LogP contribution in [-0.2, 0) is 18.7 Å². The second kappa shape index (κ2) is 10.8. The Hall–Kier alpha value is -0.840. The first-order valence-corrected chi connectivity index (χ1v) is 9.36. The van der Waals surface area contributed by atoms with Gasteiger partial charge in [-0.25, -0.2) is 0 Å². The van der Waals surface area contributed by atoms with Gasteiger partial charge in [0.05, 0.1) is 13.1 Å². The first-order valence-electron chi connectivity index (χ1n) is 5.77. The lowest BCUT2D eigenvalue weighted by molar-refractivity contribution is -0.127. The van der Waals surface area contributed by atoms with Crippen molar-refractivity contribution in [2.24, 2.45) is 5.73 Å². The lowest BCUT2D eigenvalue weighted by Gasteiger charge is -2.16. The highest BCUT2D eigenvalue weighted by molar-refractivity contribution is 7.51. The van der Waals surface area contributed by atoms with Gasteiger partial charge in [-0.3, -0.25) is 18.7 Å². The number of nitrogens with zero attached hydrogens (tertiary/aromatic N) is 1. The van der Waals surface area contributed by atoms with Crippen molar-refractivity contribution in [3.63, 3.8) is 0 Å². The van der Waals surface area contributed by atoms with Gasteiger partial charge in [0.15, 0.2) is 0 Å². The van der Waals surface area contributed by atoms with Gasteiger partial charge in [0, 0.05) is 7.05 Å². The van der Waals surface area contributed by atoms with E-state index in [0.29, 0.717) is 0 Å². The normalized spacial score (nSPS) is 11.2. The average molecular weight is 364 g/mol. The number of amides is 2. The molecule has 0 bridgehead atoms. The molecule has 0 aromatic heterocycles. The van der Waals surface area contributed by atoms with E-state index in [1.165, 1.54) is 7.05 Å². The van der Waals surface area contributed by atoms with Crippen molar-refractivity contribution in [1.82, 2.24) is 15.5 Å². The summed E-state index contributed by atoms with van der Waals surface area (Å²) in [5.41, 5.74) is 4.95. The molecule has 0 radical (unpaired) electrons. The predicted octanol–water partition coefficient (Wildman–Crippen LogP) is -3.00. The van der Waals surface area contributed by atoms with Gasteiger partial charge in [-0.15, -0.1) is 0 Å². The Kier molecular flexibility index (Phi) is 11.5.